The molecule has 0 fully saturated rings. The van der Waals surface area contributed by atoms with Crippen molar-refractivity contribution in [2.75, 3.05) is 6.54 Å². The van der Waals surface area contributed by atoms with E-state index in [2.05, 4.69) is 15.6 Å². The van der Waals surface area contributed by atoms with Crippen molar-refractivity contribution in [1.29, 1.82) is 0 Å². The minimum absolute atomic E-state index is 0.0946. The lowest BCUT2D eigenvalue weighted by atomic mass is 10.2. The van der Waals surface area contributed by atoms with Gasteiger partial charge in [0.2, 0.25) is 5.91 Å². The van der Waals surface area contributed by atoms with Gasteiger partial charge in [0.25, 0.3) is 5.91 Å². The minimum atomic E-state index is -0.275. The number of hydrogen-bond donors (Lipinski definition) is 2. The Morgan fingerprint density at radius 1 is 0.933 bits per heavy atom. The molecule has 0 radical (unpaired) electrons. The number of amides is 2. The van der Waals surface area contributed by atoms with Gasteiger partial charge >= 0.3 is 0 Å². The third-order valence-corrected chi connectivity index (χ3v) is 4.75. The summed E-state index contributed by atoms with van der Waals surface area (Å²) >= 11 is 0. The third kappa shape index (κ3) is 4.57. The Morgan fingerprint density at radius 2 is 1.73 bits per heavy atom. The van der Waals surface area contributed by atoms with Gasteiger partial charge < -0.3 is 19.6 Å². The van der Waals surface area contributed by atoms with Crippen LogP contribution in [0.15, 0.2) is 77.4 Å². The SMILES string of the molecule is O=C(Cn1c(CCNC(=O)c2ccco2)nc2ccccc21)NCc1ccccc1. The summed E-state index contributed by atoms with van der Waals surface area (Å²) in [7, 11) is 0. The van der Waals surface area contributed by atoms with Crippen LogP contribution in [0.2, 0.25) is 0 Å². The highest BCUT2D eigenvalue weighted by molar-refractivity contribution is 5.91. The van der Waals surface area contributed by atoms with E-state index in [0.717, 1.165) is 22.4 Å². The smallest absolute Gasteiger partial charge is 0.286 e. The normalized spacial score (nSPS) is 10.8. The molecule has 0 saturated carbocycles. The van der Waals surface area contributed by atoms with Crippen LogP contribution in [0, 0.1) is 0 Å². The Morgan fingerprint density at radius 3 is 2.53 bits per heavy atom. The second kappa shape index (κ2) is 9.09. The number of imidazole rings is 1. The fraction of sp³-hybridized carbons (Fsp3) is 0.174. The highest BCUT2D eigenvalue weighted by Gasteiger charge is 2.14. The number of hydrogen-bond acceptors (Lipinski definition) is 4. The van der Waals surface area contributed by atoms with E-state index < -0.39 is 0 Å². The van der Waals surface area contributed by atoms with Crippen LogP contribution in [0.25, 0.3) is 11.0 Å². The molecule has 4 aromatic rings. The van der Waals surface area contributed by atoms with Crippen molar-refractivity contribution < 1.29 is 14.0 Å². The van der Waals surface area contributed by atoms with Crippen molar-refractivity contribution in [1.82, 2.24) is 20.2 Å². The van der Waals surface area contributed by atoms with E-state index in [1.165, 1.54) is 6.26 Å². The average molecular weight is 402 g/mol. The van der Waals surface area contributed by atoms with Crippen LogP contribution in [0.4, 0.5) is 0 Å². The van der Waals surface area contributed by atoms with E-state index in [-0.39, 0.29) is 24.1 Å². The highest BCUT2D eigenvalue weighted by Crippen LogP contribution is 2.16. The van der Waals surface area contributed by atoms with Crippen LogP contribution < -0.4 is 10.6 Å². The molecule has 0 saturated heterocycles. The molecule has 0 aliphatic carbocycles. The molecule has 152 valence electrons. The van der Waals surface area contributed by atoms with Crippen molar-refractivity contribution in [3.63, 3.8) is 0 Å². The molecule has 7 nitrogen and oxygen atoms in total. The van der Waals surface area contributed by atoms with E-state index >= 15 is 0 Å². The molecule has 2 aromatic carbocycles. The first-order valence-electron chi connectivity index (χ1n) is 9.77. The summed E-state index contributed by atoms with van der Waals surface area (Å²) < 4.78 is 7.00. The Kier molecular flexibility index (Phi) is 5.89. The second-order valence-corrected chi connectivity index (χ2v) is 6.85. The molecular formula is C23H22N4O3. The minimum Gasteiger partial charge on any atom is -0.459 e. The van der Waals surface area contributed by atoms with E-state index in [1.54, 1.807) is 12.1 Å². The van der Waals surface area contributed by atoms with Gasteiger partial charge in [-0.2, -0.15) is 0 Å². The van der Waals surface area contributed by atoms with Gasteiger partial charge in [0.1, 0.15) is 12.4 Å². The number of carbonyl (C=O) groups excluding carboxylic acids is 2. The van der Waals surface area contributed by atoms with Gasteiger partial charge in [-0.05, 0) is 29.8 Å². The molecular weight excluding hydrogens is 380 g/mol. The molecule has 0 unspecified atom stereocenters. The number of rotatable bonds is 8. The zero-order valence-corrected chi connectivity index (χ0v) is 16.4. The molecule has 2 aromatic heterocycles. The average Bonchev–Trinajstić information content (AvgIpc) is 3.42. The molecule has 0 aliphatic rings. The monoisotopic (exact) mass is 402 g/mol. The fourth-order valence-electron chi connectivity index (χ4n) is 3.27. The maximum absolute atomic E-state index is 12.6. The summed E-state index contributed by atoms with van der Waals surface area (Å²) in [6, 6.07) is 20.8. The molecule has 0 aliphatic heterocycles. The summed E-state index contributed by atoms with van der Waals surface area (Å²) in [6.45, 7) is 1.02. The van der Waals surface area contributed by atoms with Gasteiger partial charge in [0.05, 0.1) is 17.3 Å². The van der Waals surface area contributed by atoms with Gasteiger partial charge in [0, 0.05) is 19.5 Å². The number of furan rings is 1. The molecule has 0 atom stereocenters. The zero-order valence-electron chi connectivity index (χ0n) is 16.4. The first-order valence-corrected chi connectivity index (χ1v) is 9.77. The predicted octanol–water partition coefficient (Wildman–Crippen LogP) is 2.92. The Labute approximate surface area is 173 Å². The van der Waals surface area contributed by atoms with E-state index in [4.69, 9.17) is 4.42 Å². The molecule has 4 rings (SSSR count). The topological polar surface area (TPSA) is 89.2 Å². The van der Waals surface area contributed by atoms with Gasteiger partial charge in [0.15, 0.2) is 5.76 Å². The number of para-hydroxylation sites is 2. The number of benzene rings is 2. The third-order valence-electron chi connectivity index (χ3n) is 4.75. The number of nitrogens with one attached hydrogen (secondary N) is 2. The first kappa shape index (κ1) is 19.4. The summed E-state index contributed by atoms with van der Waals surface area (Å²) in [6.07, 6.45) is 1.95. The second-order valence-electron chi connectivity index (χ2n) is 6.85. The Bertz CT molecular complexity index is 1130. The highest BCUT2D eigenvalue weighted by atomic mass is 16.3. The van der Waals surface area contributed by atoms with E-state index in [9.17, 15) is 9.59 Å². The molecule has 2 heterocycles. The molecule has 2 amide bonds. The maximum Gasteiger partial charge on any atom is 0.286 e. The van der Waals surface area contributed by atoms with Gasteiger partial charge in [-0.1, -0.05) is 42.5 Å². The molecule has 7 heteroatoms. The lowest BCUT2D eigenvalue weighted by molar-refractivity contribution is -0.121. The number of carbonyl (C=O) groups is 2. The van der Waals surface area contributed by atoms with Crippen LogP contribution in [0.5, 0.6) is 0 Å². The Hall–Kier alpha value is -3.87. The van der Waals surface area contributed by atoms with Crippen molar-refractivity contribution in [2.45, 2.75) is 19.5 Å². The molecule has 0 bridgehead atoms. The van der Waals surface area contributed by atoms with E-state index in [1.807, 2.05) is 59.2 Å². The summed E-state index contributed by atoms with van der Waals surface area (Å²) in [4.78, 5) is 29.3. The van der Waals surface area contributed by atoms with Gasteiger partial charge in [-0.3, -0.25) is 9.59 Å². The lowest BCUT2D eigenvalue weighted by Crippen LogP contribution is -2.29. The van der Waals surface area contributed by atoms with Crippen molar-refractivity contribution in [3.8, 4) is 0 Å². The van der Waals surface area contributed by atoms with E-state index in [0.29, 0.717) is 19.5 Å². The maximum atomic E-state index is 12.6. The molecule has 2 N–H and O–H groups in total. The zero-order chi connectivity index (χ0) is 20.8. The van der Waals surface area contributed by atoms with Crippen LogP contribution in [0.3, 0.4) is 0 Å². The summed E-state index contributed by atoms with van der Waals surface area (Å²) in [5, 5.41) is 5.77. The quantitative estimate of drug-likeness (QED) is 0.474. The van der Waals surface area contributed by atoms with Crippen LogP contribution in [-0.2, 0) is 24.3 Å². The van der Waals surface area contributed by atoms with Crippen molar-refractivity contribution in [2.24, 2.45) is 0 Å². The van der Waals surface area contributed by atoms with Crippen LogP contribution in [0.1, 0.15) is 21.9 Å². The fourth-order valence-corrected chi connectivity index (χ4v) is 3.27. The molecule has 0 spiro atoms. The van der Waals surface area contributed by atoms with Crippen molar-refractivity contribution >= 4 is 22.8 Å². The summed E-state index contributed by atoms with van der Waals surface area (Å²) in [5.74, 6) is 0.640. The first-order chi connectivity index (χ1) is 14.7. The van der Waals surface area contributed by atoms with Gasteiger partial charge in [-0.15, -0.1) is 0 Å². The van der Waals surface area contributed by atoms with Crippen LogP contribution in [-0.4, -0.2) is 27.9 Å². The van der Waals surface area contributed by atoms with Crippen LogP contribution >= 0.6 is 0 Å². The standard InChI is InChI=1S/C23H22N4O3/c28-22(25-15-17-7-2-1-3-8-17)16-27-19-10-5-4-9-18(19)26-21(27)12-13-24-23(29)20-11-6-14-30-20/h1-11,14H,12-13,15-16H2,(H,24,29)(H,25,28). The lowest BCUT2D eigenvalue weighted by Gasteiger charge is -2.10. The number of nitrogens with zero attached hydrogens (tertiary/aromatic N) is 2. The molecule has 30 heavy (non-hydrogen) atoms. The van der Waals surface area contributed by atoms with Gasteiger partial charge in [-0.25, -0.2) is 4.98 Å². The number of aromatic nitrogens is 2. The van der Waals surface area contributed by atoms with Crippen molar-refractivity contribution in [3.05, 3.63) is 90.1 Å². The number of fused-ring (bicyclic) bond motifs is 1. The Balaban J connectivity index is 1.43. The summed E-state index contributed by atoms with van der Waals surface area (Å²) in [5.41, 5.74) is 2.75. The largest absolute Gasteiger partial charge is 0.459 e. The predicted molar refractivity (Wildman–Crippen MR) is 113 cm³/mol.